The molecule has 0 saturated heterocycles. The van der Waals surface area contributed by atoms with E-state index in [1.54, 1.807) is 19.1 Å². The lowest BCUT2D eigenvalue weighted by Gasteiger charge is -2.22. The van der Waals surface area contributed by atoms with Crippen LogP contribution in [0.3, 0.4) is 0 Å². The summed E-state index contributed by atoms with van der Waals surface area (Å²) in [4.78, 5) is 22.0. The van der Waals surface area contributed by atoms with Crippen LogP contribution in [0, 0.1) is 15.5 Å². The Morgan fingerprint density at radius 2 is 2.00 bits per heavy atom. The molecule has 1 atom stereocenters. The first kappa shape index (κ1) is 14.5. The number of rotatable bonds is 6. The molecule has 1 aromatic carbocycles. The summed E-state index contributed by atoms with van der Waals surface area (Å²) in [6.45, 7) is 3.54. The maximum absolute atomic E-state index is 11.1. The number of nitro groups is 1. The van der Waals surface area contributed by atoms with Gasteiger partial charge in [0.15, 0.2) is 0 Å². The van der Waals surface area contributed by atoms with E-state index in [0.717, 1.165) is 4.90 Å². The Morgan fingerprint density at radius 1 is 1.44 bits per heavy atom. The predicted octanol–water partition coefficient (Wildman–Crippen LogP) is 3.19. The Labute approximate surface area is 109 Å². The summed E-state index contributed by atoms with van der Waals surface area (Å²) >= 11 is 1.40. The van der Waals surface area contributed by atoms with E-state index in [2.05, 4.69) is 0 Å². The molecule has 6 heteroatoms. The number of carboxylic acid groups (broad SMARTS) is 1. The molecule has 0 radical (unpaired) electrons. The van der Waals surface area contributed by atoms with Crippen molar-refractivity contribution in [2.75, 3.05) is 5.75 Å². The van der Waals surface area contributed by atoms with Gasteiger partial charge < -0.3 is 5.11 Å². The van der Waals surface area contributed by atoms with Crippen molar-refractivity contribution in [2.24, 2.45) is 5.41 Å². The van der Waals surface area contributed by atoms with E-state index in [4.69, 9.17) is 5.11 Å². The Bertz CT molecular complexity index is 446. The molecule has 98 valence electrons. The highest BCUT2D eigenvalue weighted by atomic mass is 32.2. The normalized spacial score (nSPS) is 13.9. The smallest absolute Gasteiger partial charge is 0.310 e. The average molecular weight is 269 g/mol. The highest BCUT2D eigenvalue weighted by Crippen LogP contribution is 2.31. The molecular formula is C12H15NO4S. The minimum atomic E-state index is -0.820. The zero-order valence-electron chi connectivity index (χ0n) is 10.3. The highest BCUT2D eigenvalue weighted by Gasteiger charge is 2.31. The third-order valence-electron chi connectivity index (χ3n) is 2.90. The van der Waals surface area contributed by atoms with Crippen molar-refractivity contribution in [3.05, 3.63) is 34.4 Å². The first-order valence-corrected chi connectivity index (χ1v) is 6.48. The van der Waals surface area contributed by atoms with Crippen molar-refractivity contribution < 1.29 is 14.8 Å². The molecular weight excluding hydrogens is 254 g/mol. The van der Waals surface area contributed by atoms with E-state index >= 15 is 0 Å². The second-order valence-electron chi connectivity index (χ2n) is 4.26. The molecule has 0 aromatic heterocycles. The summed E-state index contributed by atoms with van der Waals surface area (Å²) in [6, 6.07) is 6.13. The van der Waals surface area contributed by atoms with Crippen molar-refractivity contribution in [2.45, 2.75) is 25.2 Å². The molecule has 0 aliphatic carbocycles. The number of nitrogens with zero attached hydrogens (tertiary/aromatic N) is 1. The summed E-state index contributed by atoms with van der Waals surface area (Å²) < 4.78 is 0. The first-order chi connectivity index (χ1) is 8.39. The quantitative estimate of drug-likeness (QED) is 0.487. The number of benzene rings is 1. The van der Waals surface area contributed by atoms with Gasteiger partial charge in [-0.3, -0.25) is 14.9 Å². The monoisotopic (exact) mass is 269 g/mol. The molecule has 0 saturated carbocycles. The van der Waals surface area contributed by atoms with Gasteiger partial charge in [0.05, 0.1) is 10.3 Å². The van der Waals surface area contributed by atoms with Crippen LogP contribution in [0.4, 0.5) is 5.69 Å². The Balaban J connectivity index is 2.69. The van der Waals surface area contributed by atoms with Crippen LogP contribution in [0.5, 0.6) is 0 Å². The van der Waals surface area contributed by atoms with Crippen LogP contribution in [0.15, 0.2) is 29.2 Å². The van der Waals surface area contributed by atoms with E-state index in [9.17, 15) is 14.9 Å². The number of carboxylic acids is 1. The molecule has 0 spiro atoms. The van der Waals surface area contributed by atoms with E-state index < -0.39 is 16.3 Å². The van der Waals surface area contributed by atoms with Gasteiger partial charge >= 0.3 is 5.97 Å². The largest absolute Gasteiger partial charge is 0.481 e. The van der Waals surface area contributed by atoms with Crippen molar-refractivity contribution in [3.8, 4) is 0 Å². The van der Waals surface area contributed by atoms with Crippen LogP contribution in [-0.4, -0.2) is 21.8 Å². The molecule has 18 heavy (non-hydrogen) atoms. The number of hydrogen-bond donors (Lipinski definition) is 1. The van der Waals surface area contributed by atoms with Crippen LogP contribution in [0.2, 0.25) is 0 Å². The maximum atomic E-state index is 11.1. The van der Waals surface area contributed by atoms with Gasteiger partial charge in [-0.2, -0.15) is 0 Å². The van der Waals surface area contributed by atoms with Gasteiger partial charge in [-0.1, -0.05) is 6.92 Å². The fraction of sp³-hybridized carbons (Fsp3) is 0.417. The lowest BCUT2D eigenvalue weighted by Crippen LogP contribution is -2.29. The number of thioether (sulfide) groups is 1. The summed E-state index contributed by atoms with van der Waals surface area (Å²) in [6.07, 6.45) is 0.544. The summed E-state index contributed by atoms with van der Waals surface area (Å²) in [7, 11) is 0. The highest BCUT2D eigenvalue weighted by molar-refractivity contribution is 7.99. The minimum absolute atomic E-state index is 0.0378. The number of hydrogen-bond acceptors (Lipinski definition) is 4. The third kappa shape index (κ3) is 3.46. The Hall–Kier alpha value is -1.56. The Morgan fingerprint density at radius 3 is 2.39 bits per heavy atom. The zero-order chi connectivity index (χ0) is 13.8. The van der Waals surface area contributed by atoms with Crippen molar-refractivity contribution >= 4 is 23.4 Å². The molecule has 0 aliphatic rings. The van der Waals surface area contributed by atoms with Crippen LogP contribution >= 0.6 is 11.8 Å². The van der Waals surface area contributed by atoms with Crippen LogP contribution < -0.4 is 0 Å². The van der Waals surface area contributed by atoms with Crippen LogP contribution in [0.25, 0.3) is 0 Å². The van der Waals surface area contributed by atoms with Gasteiger partial charge in [-0.05, 0) is 25.5 Å². The van der Waals surface area contributed by atoms with Gasteiger partial charge in [0, 0.05) is 22.8 Å². The molecule has 0 bridgehead atoms. The van der Waals surface area contributed by atoms with E-state index in [-0.39, 0.29) is 5.69 Å². The van der Waals surface area contributed by atoms with Crippen molar-refractivity contribution in [1.29, 1.82) is 0 Å². The molecule has 0 fully saturated rings. The summed E-state index contributed by atoms with van der Waals surface area (Å²) in [5.41, 5.74) is -0.734. The molecule has 1 aromatic rings. The fourth-order valence-corrected chi connectivity index (χ4v) is 2.36. The minimum Gasteiger partial charge on any atom is -0.481 e. The standard InChI is InChI=1S/C12H15NO4S/c1-3-12(2,11(14)15)8-18-10-6-4-9(5-7-10)13(16)17/h4-7H,3,8H2,1-2H3,(H,14,15). The lowest BCUT2D eigenvalue weighted by atomic mass is 9.90. The van der Waals surface area contributed by atoms with Crippen molar-refractivity contribution in [3.63, 3.8) is 0 Å². The molecule has 5 nitrogen and oxygen atoms in total. The number of nitro benzene ring substituents is 1. The second kappa shape index (κ2) is 5.86. The van der Waals surface area contributed by atoms with Crippen LogP contribution in [0.1, 0.15) is 20.3 Å². The van der Waals surface area contributed by atoms with Gasteiger partial charge in [0.25, 0.3) is 5.69 Å². The molecule has 1 unspecified atom stereocenters. The SMILES string of the molecule is CCC(C)(CSc1ccc([N+](=O)[O-])cc1)C(=O)O. The lowest BCUT2D eigenvalue weighted by molar-refractivity contribution is -0.384. The second-order valence-corrected chi connectivity index (χ2v) is 5.31. The van der Waals surface area contributed by atoms with E-state index in [1.807, 2.05) is 6.92 Å². The predicted molar refractivity (Wildman–Crippen MR) is 69.9 cm³/mol. The first-order valence-electron chi connectivity index (χ1n) is 5.49. The molecule has 0 amide bonds. The summed E-state index contributed by atoms with van der Waals surface area (Å²) in [5, 5.41) is 19.6. The number of non-ortho nitro benzene ring substituents is 1. The summed E-state index contributed by atoms with van der Waals surface area (Å²) in [5.74, 6) is -0.379. The number of aliphatic carboxylic acids is 1. The molecule has 1 N–H and O–H groups in total. The molecule has 0 heterocycles. The van der Waals surface area contributed by atoms with Gasteiger partial charge in [-0.25, -0.2) is 0 Å². The molecule has 1 rings (SSSR count). The fourth-order valence-electron chi connectivity index (χ4n) is 1.22. The third-order valence-corrected chi connectivity index (χ3v) is 4.29. The van der Waals surface area contributed by atoms with Crippen LogP contribution in [-0.2, 0) is 4.79 Å². The Kier molecular flexibility index (Phi) is 4.72. The number of carbonyl (C=O) groups is 1. The molecule has 0 aliphatic heterocycles. The van der Waals surface area contributed by atoms with E-state index in [1.165, 1.54) is 23.9 Å². The van der Waals surface area contributed by atoms with Gasteiger partial charge in [-0.15, -0.1) is 11.8 Å². The van der Waals surface area contributed by atoms with Gasteiger partial charge in [0.1, 0.15) is 0 Å². The zero-order valence-corrected chi connectivity index (χ0v) is 11.1. The topological polar surface area (TPSA) is 80.4 Å². The van der Waals surface area contributed by atoms with Gasteiger partial charge in [0.2, 0.25) is 0 Å². The maximum Gasteiger partial charge on any atom is 0.310 e. The van der Waals surface area contributed by atoms with E-state index in [0.29, 0.717) is 12.2 Å². The average Bonchev–Trinajstić information content (AvgIpc) is 2.36. The van der Waals surface area contributed by atoms with Crippen molar-refractivity contribution in [1.82, 2.24) is 0 Å².